The zero-order valence-electron chi connectivity index (χ0n) is 12.5. The lowest BCUT2D eigenvalue weighted by atomic mass is 10.1. The van der Waals surface area contributed by atoms with E-state index in [0.29, 0.717) is 19.0 Å². The van der Waals surface area contributed by atoms with E-state index in [-0.39, 0.29) is 29.2 Å². The fourth-order valence-corrected chi connectivity index (χ4v) is 3.08. The van der Waals surface area contributed by atoms with Crippen molar-refractivity contribution in [3.63, 3.8) is 0 Å². The molecule has 106 valence electrons. The van der Waals surface area contributed by atoms with Crippen LogP contribution in [-0.4, -0.2) is 35.8 Å². The first-order valence-electron chi connectivity index (χ1n) is 7.00. The standard InChI is InChI=1S/C15H24N2O2/c1-9(2)8-11-12(15(11,4)5)14(19)17-7-6-16-13(18)10(17)3/h8,10-12H,6-7H2,1-5H3,(H,16,18)/t10-,11+,12+/m0/s1. The van der Waals surface area contributed by atoms with Gasteiger partial charge < -0.3 is 10.2 Å². The third-order valence-corrected chi connectivity index (χ3v) is 4.47. The largest absolute Gasteiger partial charge is 0.353 e. The molecule has 1 aliphatic heterocycles. The molecule has 0 bridgehead atoms. The smallest absolute Gasteiger partial charge is 0.242 e. The maximum atomic E-state index is 12.6. The summed E-state index contributed by atoms with van der Waals surface area (Å²) >= 11 is 0. The van der Waals surface area contributed by atoms with E-state index in [0.717, 1.165) is 0 Å². The number of rotatable bonds is 2. The van der Waals surface area contributed by atoms with Crippen LogP contribution in [0, 0.1) is 17.3 Å². The van der Waals surface area contributed by atoms with Crippen molar-refractivity contribution < 1.29 is 9.59 Å². The number of hydrogen-bond donors (Lipinski definition) is 1. The van der Waals surface area contributed by atoms with Gasteiger partial charge in [0.15, 0.2) is 0 Å². The molecule has 3 atom stereocenters. The molecule has 0 aromatic rings. The zero-order valence-corrected chi connectivity index (χ0v) is 12.5. The highest BCUT2D eigenvalue weighted by atomic mass is 16.2. The van der Waals surface area contributed by atoms with E-state index in [1.807, 2.05) is 0 Å². The van der Waals surface area contributed by atoms with Crippen molar-refractivity contribution in [1.29, 1.82) is 0 Å². The number of nitrogens with one attached hydrogen (secondary N) is 1. The summed E-state index contributed by atoms with van der Waals surface area (Å²) in [5.41, 5.74) is 1.26. The topological polar surface area (TPSA) is 49.4 Å². The maximum absolute atomic E-state index is 12.6. The van der Waals surface area contributed by atoms with Crippen molar-refractivity contribution in [2.24, 2.45) is 17.3 Å². The molecular weight excluding hydrogens is 240 g/mol. The van der Waals surface area contributed by atoms with Crippen LogP contribution in [0.2, 0.25) is 0 Å². The summed E-state index contributed by atoms with van der Waals surface area (Å²) in [6.07, 6.45) is 2.19. The van der Waals surface area contributed by atoms with Gasteiger partial charge in [-0.3, -0.25) is 9.59 Å². The van der Waals surface area contributed by atoms with Crippen LogP contribution in [0.15, 0.2) is 11.6 Å². The average Bonchev–Trinajstić information content (AvgIpc) is 2.82. The molecule has 1 saturated heterocycles. The Hall–Kier alpha value is -1.32. The third kappa shape index (κ3) is 2.40. The molecule has 0 radical (unpaired) electrons. The van der Waals surface area contributed by atoms with Crippen LogP contribution in [-0.2, 0) is 9.59 Å². The first-order valence-corrected chi connectivity index (χ1v) is 7.00. The minimum atomic E-state index is -0.343. The Kier molecular flexibility index (Phi) is 3.45. The van der Waals surface area contributed by atoms with Crippen LogP contribution in [0.3, 0.4) is 0 Å². The average molecular weight is 264 g/mol. The minimum absolute atomic E-state index is 0.0159. The van der Waals surface area contributed by atoms with Crippen LogP contribution < -0.4 is 5.32 Å². The Bertz CT molecular complexity index is 435. The van der Waals surface area contributed by atoms with E-state index in [4.69, 9.17) is 0 Å². The fraction of sp³-hybridized carbons (Fsp3) is 0.733. The van der Waals surface area contributed by atoms with Gasteiger partial charge in [0.2, 0.25) is 11.8 Å². The van der Waals surface area contributed by atoms with Gasteiger partial charge in [0.05, 0.1) is 5.92 Å². The highest BCUT2D eigenvalue weighted by Crippen LogP contribution is 2.60. The number of nitrogens with zero attached hydrogens (tertiary/aromatic N) is 1. The van der Waals surface area contributed by atoms with Crippen LogP contribution in [0.1, 0.15) is 34.6 Å². The van der Waals surface area contributed by atoms with Crippen molar-refractivity contribution in [3.05, 3.63) is 11.6 Å². The summed E-state index contributed by atoms with van der Waals surface area (Å²) in [5.74, 6) is 0.421. The molecule has 2 amide bonds. The van der Waals surface area contributed by atoms with Gasteiger partial charge in [0.25, 0.3) is 0 Å². The van der Waals surface area contributed by atoms with Gasteiger partial charge in [-0.25, -0.2) is 0 Å². The molecular formula is C15H24N2O2. The number of carbonyl (C=O) groups excluding carboxylic acids is 2. The van der Waals surface area contributed by atoms with Crippen molar-refractivity contribution >= 4 is 11.8 Å². The molecule has 2 aliphatic rings. The second-order valence-corrected chi connectivity index (χ2v) is 6.57. The molecule has 1 saturated carbocycles. The summed E-state index contributed by atoms with van der Waals surface area (Å²) in [6, 6.07) is -0.343. The number of amides is 2. The number of hydrogen-bond acceptors (Lipinski definition) is 2. The molecule has 19 heavy (non-hydrogen) atoms. The van der Waals surface area contributed by atoms with Crippen LogP contribution >= 0.6 is 0 Å². The van der Waals surface area contributed by atoms with Gasteiger partial charge in [-0.15, -0.1) is 0 Å². The first-order chi connectivity index (χ1) is 8.76. The molecule has 0 unspecified atom stereocenters. The van der Waals surface area contributed by atoms with E-state index < -0.39 is 0 Å². The number of allylic oxidation sites excluding steroid dienone is 2. The van der Waals surface area contributed by atoms with Crippen molar-refractivity contribution in [3.8, 4) is 0 Å². The van der Waals surface area contributed by atoms with Crippen LogP contribution in [0.4, 0.5) is 0 Å². The van der Waals surface area contributed by atoms with Crippen molar-refractivity contribution in [2.75, 3.05) is 13.1 Å². The molecule has 0 aromatic heterocycles. The lowest BCUT2D eigenvalue weighted by molar-refractivity contribution is -0.144. The second kappa shape index (κ2) is 4.66. The third-order valence-electron chi connectivity index (χ3n) is 4.47. The van der Waals surface area contributed by atoms with Crippen molar-refractivity contribution in [1.82, 2.24) is 10.2 Å². The SMILES string of the molecule is CC(C)=C[C@@H]1[C@H](C(=O)N2CCNC(=O)[C@@H]2C)C1(C)C. The maximum Gasteiger partial charge on any atom is 0.242 e. The minimum Gasteiger partial charge on any atom is -0.353 e. The summed E-state index contributed by atoms with van der Waals surface area (Å²) in [7, 11) is 0. The second-order valence-electron chi connectivity index (χ2n) is 6.57. The molecule has 2 rings (SSSR count). The van der Waals surface area contributed by atoms with Gasteiger partial charge in [0.1, 0.15) is 6.04 Å². The predicted molar refractivity (Wildman–Crippen MR) is 74.4 cm³/mol. The Labute approximate surface area is 115 Å². The Balaban J connectivity index is 2.13. The molecule has 4 nitrogen and oxygen atoms in total. The Morgan fingerprint density at radius 3 is 2.63 bits per heavy atom. The molecule has 4 heteroatoms. The summed E-state index contributed by atoms with van der Waals surface area (Å²) < 4.78 is 0. The zero-order chi connectivity index (χ0) is 14.4. The highest BCUT2D eigenvalue weighted by molar-refractivity contribution is 5.91. The van der Waals surface area contributed by atoms with E-state index in [2.05, 4.69) is 39.1 Å². The number of piperazine rings is 1. The van der Waals surface area contributed by atoms with Crippen LogP contribution in [0.5, 0.6) is 0 Å². The lowest BCUT2D eigenvalue weighted by Gasteiger charge is -2.33. The molecule has 1 N–H and O–H groups in total. The fourth-order valence-electron chi connectivity index (χ4n) is 3.08. The van der Waals surface area contributed by atoms with E-state index >= 15 is 0 Å². The summed E-state index contributed by atoms with van der Waals surface area (Å²) in [4.78, 5) is 26.0. The molecule has 0 spiro atoms. The molecule has 1 aliphatic carbocycles. The lowest BCUT2D eigenvalue weighted by Crippen LogP contribution is -2.56. The van der Waals surface area contributed by atoms with E-state index in [1.165, 1.54) is 5.57 Å². The van der Waals surface area contributed by atoms with E-state index in [1.54, 1.807) is 11.8 Å². The van der Waals surface area contributed by atoms with Gasteiger partial charge in [-0.05, 0) is 32.1 Å². The van der Waals surface area contributed by atoms with Gasteiger partial charge in [0, 0.05) is 13.1 Å². The monoisotopic (exact) mass is 264 g/mol. The Morgan fingerprint density at radius 1 is 1.42 bits per heavy atom. The van der Waals surface area contributed by atoms with Gasteiger partial charge in [-0.1, -0.05) is 25.5 Å². The molecule has 0 aromatic carbocycles. The normalized spacial score (nSPS) is 32.6. The van der Waals surface area contributed by atoms with Gasteiger partial charge >= 0.3 is 0 Å². The Morgan fingerprint density at radius 2 is 2.05 bits per heavy atom. The quantitative estimate of drug-likeness (QED) is 0.770. The molecule has 1 heterocycles. The molecule has 2 fully saturated rings. The van der Waals surface area contributed by atoms with E-state index in [9.17, 15) is 9.59 Å². The van der Waals surface area contributed by atoms with Crippen molar-refractivity contribution in [2.45, 2.75) is 40.7 Å². The summed E-state index contributed by atoms with van der Waals surface area (Å²) in [6.45, 7) is 11.4. The summed E-state index contributed by atoms with van der Waals surface area (Å²) in [5, 5.41) is 2.80. The highest BCUT2D eigenvalue weighted by Gasteiger charge is 2.61. The number of carbonyl (C=O) groups is 2. The van der Waals surface area contributed by atoms with Gasteiger partial charge in [-0.2, -0.15) is 0 Å². The van der Waals surface area contributed by atoms with Crippen LogP contribution in [0.25, 0.3) is 0 Å². The first kappa shape index (κ1) is 14.1. The predicted octanol–water partition coefficient (Wildman–Crippen LogP) is 1.57.